The molecule has 2 heterocycles. The smallest absolute Gasteiger partial charge is 0.230 e. The molecule has 2 fully saturated rings. The van der Waals surface area contributed by atoms with Crippen molar-refractivity contribution in [2.45, 2.75) is 77.7 Å². The fourth-order valence-corrected chi connectivity index (χ4v) is 5.49. The highest BCUT2D eigenvalue weighted by Crippen LogP contribution is 2.41. The number of nitrogens with one attached hydrogen (secondary N) is 1. The molecule has 0 bridgehead atoms. The van der Waals surface area contributed by atoms with Gasteiger partial charge in [-0.25, -0.2) is 0 Å². The quantitative estimate of drug-likeness (QED) is 0.558. The summed E-state index contributed by atoms with van der Waals surface area (Å²) >= 11 is 0. The summed E-state index contributed by atoms with van der Waals surface area (Å²) in [5.41, 5.74) is 3.06. The van der Waals surface area contributed by atoms with Crippen molar-refractivity contribution in [2.75, 3.05) is 42.6 Å². The van der Waals surface area contributed by atoms with E-state index >= 15 is 0 Å². The van der Waals surface area contributed by atoms with Crippen molar-refractivity contribution in [1.82, 2.24) is 5.32 Å². The van der Waals surface area contributed by atoms with Crippen LogP contribution in [-0.4, -0.2) is 50.7 Å². The van der Waals surface area contributed by atoms with E-state index in [1.807, 2.05) is 16.7 Å². The first kappa shape index (κ1) is 24.2. The standard InChI is InChI=1S/C27H41N3O3/c1-4-5-24(17-28-13-10-21-11-14-33-15-12-21)23-8-9-25-26(16-23)29(27(32)22-6-7-22)18-19(2)30(25)20(3)31/h8-9,16,19,21-22,24,28H,4-7,10-15,17-18H2,1-3H3. The fraction of sp³-hybridized carbons (Fsp3) is 0.704. The molecule has 1 N–H and O–H groups in total. The van der Waals surface area contributed by atoms with Crippen LogP contribution in [-0.2, 0) is 14.3 Å². The van der Waals surface area contributed by atoms with E-state index in [1.54, 1.807) is 6.92 Å². The molecule has 6 nitrogen and oxygen atoms in total. The predicted molar refractivity (Wildman–Crippen MR) is 133 cm³/mol. The third-order valence-electron chi connectivity index (χ3n) is 7.54. The van der Waals surface area contributed by atoms with Crippen LogP contribution < -0.4 is 15.1 Å². The molecule has 2 unspecified atom stereocenters. The average molecular weight is 456 g/mol. The van der Waals surface area contributed by atoms with E-state index in [2.05, 4.69) is 30.4 Å². The number of nitrogens with zero attached hydrogens (tertiary/aromatic N) is 2. The molecular formula is C27H41N3O3. The summed E-state index contributed by atoms with van der Waals surface area (Å²) in [6.07, 6.45) is 7.77. The Kier molecular flexibility index (Phi) is 8.07. The topological polar surface area (TPSA) is 61.9 Å². The Bertz CT molecular complexity index is 832. The van der Waals surface area contributed by atoms with Gasteiger partial charge in [0.2, 0.25) is 11.8 Å². The van der Waals surface area contributed by atoms with E-state index in [9.17, 15) is 9.59 Å². The van der Waals surface area contributed by atoms with Gasteiger partial charge >= 0.3 is 0 Å². The van der Waals surface area contributed by atoms with E-state index in [1.165, 1.54) is 24.8 Å². The zero-order valence-electron chi connectivity index (χ0n) is 20.6. The van der Waals surface area contributed by atoms with E-state index < -0.39 is 0 Å². The minimum absolute atomic E-state index is 0.0122. The van der Waals surface area contributed by atoms with Gasteiger partial charge in [0.25, 0.3) is 0 Å². The molecule has 3 aliphatic rings. The highest BCUT2D eigenvalue weighted by atomic mass is 16.5. The highest BCUT2D eigenvalue weighted by molar-refractivity contribution is 6.05. The maximum Gasteiger partial charge on any atom is 0.230 e. The number of amides is 2. The summed E-state index contributed by atoms with van der Waals surface area (Å²) in [6.45, 7) is 10.3. The Labute approximate surface area is 199 Å². The maximum absolute atomic E-state index is 13.1. The molecule has 2 atom stereocenters. The molecule has 6 heteroatoms. The summed E-state index contributed by atoms with van der Waals surface area (Å²) in [6, 6.07) is 6.42. The summed E-state index contributed by atoms with van der Waals surface area (Å²) in [5, 5.41) is 3.71. The normalized spacial score (nSPS) is 22.2. The average Bonchev–Trinajstić information content (AvgIpc) is 3.66. The number of rotatable bonds is 9. The zero-order chi connectivity index (χ0) is 23.4. The lowest BCUT2D eigenvalue weighted by molar-refractivity contribution is -0.120. The van der Waals surface area contributed by atoms with Gasteiger partial charge in [0.15, 0.2) is 0 Å². The first-order valence-corrected chi connectivity index (χ1v) is 13.0. The van der Waals surface area contributed by atoms with Crippen molar-refractivity contribution in [2.24, 2.45) is 11.8 Å². The van der Waals surface area contributed by atoms with Gasteiger partial charge in [0, 0.05) is 39.1 Å². The second-order valence-corrected chi connectivity index (χ2v) is 10.2. The number of anilines is 2. The van der Waals surface area contributed by atoms with Crippen LogP contribution in [0.1, 0.15) is 77.2 Å². The molecular weight excluding hydrogens is 414 g/mol. The third-order valence-corrected chi connectivity index (χ3v) is 7.54. The van der Waals surface area contributed by atoms with E-state index in [4.69, 9.17) is 4.74 Å². The molecule has 182 valence electrons. The van der Waals surface area contributed by atoms with E-state index in [0.29, 0.717) is 12.5 Å². The van der Waals surface area contributed by atoms with Crippen molar-refractivity contribution >= 4 is 23.2 Å². The van der Waals surface area contributed by atoms with Crippen LogP contribution in [0.2, 0.25) is 0 Å². The second-order valence-electron chi connectivity index (χ2n) is 10.2. The Morgan fingerprint density at radius 3 is 2.58 bits per heavy atom. The van der Waals surface area contributed by atoms with Gasteiger partial charge in [-0.1, -0.05) is 19.4 Å². The largest absolute Gasteiger partial charge is 0.381 e. The van der Waals surface area contributed by atoms with Gasteiger partial charge in [-0.15, -0.1) is 0 Å². The van der Waals surface area contributed by atoms with E-state index in [0.717, 1.165) is 69.3 Å². The number of ether oxygens (including phenoxy) is 1. The van der Waals surface area contributed by atoms with Gasteiger partial charge in [-0.05, 0) is 81.5 Å². The first-order valence-electron chi connectivity index (χ1n) is 13.0. The molecule has 1 saturated carbocycles. The van der Waals surface area contributed by atoms with Gasteiger partial charge in [0.1, 0.15) is 0 Å². The molecule has 33 heavy (non-hydrogen) atoms. The second kappa shape index (κ2) is 11.0. The van der Waals surface area contributed by atoms with Crippen molar-refractivity contribution in [3.8, 4) is 0 Å². The van der Waals surface area contributed by atoms with Crippen molar-refractivity contribution in [3.05, 3.63) is 23.8 Å². The van der Waals surface area contributed by atoms with Gasteiger partial charge < -0.3 is 19.9 Å². The van der Waals surface area contributed by atoms with Crippen molar-refractivity contribution < 1.29 is 14.3 Å². The van der Waals surface area contributed by atoms with Gasteiger partial charge in [-0.3, -0.25) is 9.59 Å². The van der Waals surface area contributed by atoms with Crippen LogP contribution in [0.15, 0.2) is 18.2 Å². The summed E-state index contributed by atoms with van der Waals surface area (Å²) in [7, 11) is 0. The summed E-state index contributed by atoms with van der Waals surface area (Å²) in [4.78, 5) is 29.4. The molecule has 1 aromatic carbocycles. The lowest BCUT2D eigenvalue weighted by atomic mass is 9.92. The maximum atomic E-state index is 13.1. The fourth-order valence-electron chi connectivity index (χ4n) is 5.49. The van der Waals surface area contributed by atoms with Gasteiger partial charge in [-0.2, -0.15) is 0 Å². The Morgan fingerprint density at radius 2 is 1.91 bits per heavy atom. The van der Waals surface area contributed by atoms with Crippen LogP contribution >= 0.6 is 0 Å². The van der Waals surface area contributed by atoms with Crippen LogP contribution in [0, 0.1) is 11.8 Å². The monoisotopic (exact) mass is 455 g/mol. The number of benzene rings is 1. The molecule has 1 aromatic rings. The van der Waals surface area contributed by atoms with E-state index in [-0.39, 0.29) is 23.8 Å². The molecule has 1 saturated heterocycles. The summed E-state index contributed by atoms with van der Waals surface area (Å²) in [5.74, 6) is 1.61. The van der Waals surface area contributed by atoms with Crippen LogP contribution in [0.5, 0.6) is 0 Å². The van der Waals surface area contributed by atoms with Crippen molar-refractivity contribution in [1.29, 1.82) is 0 Å². The number of hydrogen-bond donors (Lipinski definition) is 1. The third kappa shape index (κ3) is 5.78. The van der Waals surface area contributed by atoms with Crippen LogP contribution in [0.3, 0.4) is 0 Å². The number of hydrogen-bond acceptors (Lipinski definition) is 4. The minimum Gasteiger partial charge on any atom is -0.381 e. The Hall–Kier alpha value is -1.92. The highest BCUT2D eigenvalue weighted by Gasteiger charge is 2.39. The predicted octanol–water partition coefficient (Wildman–Crippen LogP) is 4.47. The molecule has 0 aromatic heterocycles. The number of carbonyl (C=O) groups is 2. The number of fused-ring (bicyclic) bond motifs is 1. The molecule has 4 rings (SSSR count). The molecule has 1 aliphatic carbocycles. The minimum atomic E-state index is -0.0122. The van der Waals surface area contributed by atoms with Crippen LogP contribution in [0.25, 0.3) is 0 Å². The molecule has 2 amide bonds. The lowest BCUT2D eigenvalue weighted by Crippen LogP contribution is -2.51. The summed E-state index contributed by atoms with van der Waals surface area (Å²) < 4.78 is 5.48. The molecule has 0 spiro atoms. The molecule has 0 radical (unpaired) electrons. The lowest BCUT2D eigenvalue weighted by Gasteiger charge is -2.41. The number of carbonyl (C=O) groups excluding carboxylic acids is 2. The SMILES string of the molecule is CCCC(CNCCC1CCOCC1)c1ccc2c(c1)N(C(=O)C1CC1)CC(C)N2C(C)=O. The Balaban J connectivity index is 1.50. The van der Waals surface area contributed by atoms with Gasteiger partial charge in [0.05, 0.1) is 17.4 Å². The first-order chi connectivity index (χ1) is 16.0. The zero-order valence-corrected chi connectivity index (χ0v) is 20.6. The Morgan fingerprint density at radius 1 is 1.15 bits per heavy atom. The van der Waals surface area contributed by atoms with Crippen LogP contribution in [0.4, 0.5) is 11.4 Å². The van der Waals surface area contributed by atoms with Crippen molar-refractivity contribution in [3.63, 3.8) is 0 Å². The molecule has 2 aliphatic heterocycles.